The minimum absolute atomic E-state index is 0.700. The maximum absolute atomic E-state index is 6.15. The van der Waals surface area contributed by atoms with Crippen LogP contribution in [0.1, 0.15) is 5.69 Å². The summed E-state index contributed by atoms with van der Waals surface area (Å²) in [5, 5.41) is 3.68. The largest absolute Gasteiger partial charge is 0.373 e. The topological polar surface area (TPSA) is 37.8 Å². The molecule has 2 heterocycles. The van der Waals surface area contributed by atoms with E-state index in [0.717, 1.165) is 22.6 Å². The fourth-order valence-electron chi connectivity index (χ4n) is 1.57. The molecule has 3 nitrogen and oxygen atoms in total. The summed E-state index contributed by atoms with van der Waals surface area (Å²) in [6, 6.07) is 5.68. The molecular formula is C12H12ClN3. The number of rotatable bonds is 2. The van der Waals surface area contributed by atoms with Gasteiger partial charge in [-0.1, -0.05) is 11.6 Å². The molecule has 16 heavy (non-hydrogen) atoms. The fraction of sp³-hybridized carbons (Fsp3) is 0.167. The summed E-state index contributed by atoms with van der Waals surface area (Å²) in [6.45, 7) is 1.94. The normalized spacial score (nSPS) is 10.2. The van der Waals surface area contributed by atoms with Crippen LogP contribution >= 0.6 is 11.6 Å². The molecule has 0 amide bonds. The zero-order chi connectivity index (χ0) is 11.5. The van der Waals surface area contributed by atoms with Crippen LogP contribution in [0.25, 0.3) is 11.1 Å². The Morgan fingerprint density at radius 1 is 1.19 bits per heavy atom. The second kappa shape index (κ2) is 4.49. The fourth-order valence-corrected chi connectivity index (χ4v) is 1.87. The molecule has 2 aromatic heterocycles. The summed E-state index contributed by atoms with van der Waals surface area (Å²) in [7, 11) is 1.84. The van der Waals surface area contributed by atoms with Crippen LogP contribution in [0.5, 0.6) is 0 Å². The Bertz CT molecular complexity index is 474. The van der Waals surface area contributed by atoms with E-state index in [1.54, 1.807) is 18.5 Å². The van der Waals surface area contributed by atoms with Crippen LogP contribution in [-0.2, 0) is 0 Å². The Kier molecular flexibility index (Phi) is 3.06. The second-order valence-electron chi connectivity index (χ2n) is 3.44. The van der Waals surface area contributed by atoms with E-state index in [-0.39, 0.29) is 0 Å². The van der Waals surface area contributed by atoms with Crippen LogP contribution in [0, 0.1) is 6.92 Å². The van der Waals surface area contributed by atoms with E-state index < -0.39 is 0 Å². The van der Waals surface area contributed by atoms with Crippen LogP contribution < -0.4 is 5.32 Å². The molecule has 0 aliphatic rings. The number of nitrogens with zero attached hydrogens (tertiary/aromatic N) is 2. The molecule has 0 saturated carbocycles. The lowest BCUT2D eigenvalue weighted by molar-refractivity contribution is 1.20. The molecule has 0 aliphatic heterocycles. The van der Waals surface area contributed by atoms with Crippen molar-refractivity contribution in [3.63, 3.8) is 0 Å². The van der Waals surface area contributed by atoms with Crippen molar-refractivity contribution in [3.8, 4) is 11.1 Å². The van der Waals surface area contributed by atoms with Gasteiger partial charge in [0.2, 0.25) is 0 Å². The third kappa shape index (κ3) is 1.99. The molecule has 0 radical (unpaired) electrons. The highest BCUT2D eigenvalue weighted by Crippen LogP contribution is 2.29. The van der Waals surface area contributed by atoms with Crippen LogP contribution in [0.4, 0.5) is 5.82 Å². The molecule has 4 heteroatoms. The van der Waals surface area contributed by atoms with Crippen molar-refractivity contribution < 1.29 is 0 Å². The van der Waals surface area contributed by atoms with Gasteiger partial charge in [-0.25, -0.2) is 4.98 Å². The van der Waals surface area contributed by atoms with Crippen molar-refractivity contribution in [1.29, 1.82) is 0 Å². The minimum Gasteiger partial charge on any atom is -0.373 e. The third-order valence-corrected chi connectivity index (χ3v) is 2.71. The summed E-state index contributed by atoms with van der Waals surface area (Å²) < 4.78 is 0. The first-order chi connectivity index (χ1) is 7.72. The van der Waals surface area contributed by atoms with Gasteiger partial charge in [0, 0.05) is 36.3 Å². The Morgan fingerprint density at radius 3 is 2.56 bits per heavy atom. The molecule has 0 spiro atoms. The van der Waals surface area contributed by atoms with Gasteiger partial charge in [0.1, 0.15) is 5.82 Å². The SMILES string of the molecule is CNc1ccc(-c2c(Cl)ccnc2C)cn1. The zero-order valence-corrected chi connectivity index (χ0v) is 9.92. The maximum Gasteiger partial charge on any atom is 0.125 e. The molecule has 0 atom stereocenters. The lowest BCUT2D eigenvalue weighted by Crippen LogP contribution is -1.93. The predicted molar refractivity (Wildman–Crippen MR) is 66.8 cm³/mol. The number of hydrogen-bond acceptors (Lipinski definition) is 3. The van der Waals surface area contributed by atoms with Crippen molar-refractivity contribution in [2.24, 2.45) is 0 Å². The highest BCUT2D eigenvalue weighted by molar-refractivity contribution is 6.33. The van der Waals surface area contributed by atoms with Gasteiger partial charge >= 0.3 is 0 Å². The number of aromatic nitrogens is 2. The van der Waals surface area contributed by atoms with Gasteiger partial charge < -0.3 is 5.32 Å². The van der Waals surface area contributed by atoms with Crippen LogP contribution in [0.3, 0.4) is 0 Å². The Morgan fingerprint density at radius 2 is 2.00 bits per heavy atom. The van der Waals surface area contributed by atoms with Gasteiger partial charge in [-0.15, -0.1) is 0 Å². The third-order valence-electron chi connectivity index (χ3n) is 2.40. The van der Waals surface area contributed by atoms with Crippen LogP contribution in [0.15, 0.2) is 30.6 Å². The van der Waals surface area contributed by atoms with Gasteiger partial charge in [-0.2, -0.15) is 0 Å². The van der Waals surface area contributed by atoms with Crippen molar-refractivity contribution in [2.75, 3.05) is 12.4 Å². The van der Waals surface area contributed by atoms with Gasteiger partial charge in [0.15, 0.2) is 0 Å². The summed E-state index contributed by atoms with van der Waals surface area (Å²) in [4.78, 5) is 8.49. The first kappa shape index (κ1) is 10.9. The Balaban J connectivity index is 2.50. The summed E-state index contributed by atoms with van der Waals surface area (Å²) in [5.74, 6) is 0.835. The average molecular weight is 234 g/mol. The number of hydrogen-bond donors (Lipinski definition) is 1. The summed E-state index contributed by atoms with van der Waals surface area (Å²) >= 11 is 6.15. The molecule has 0 saturated heterocycles. The molecule has 2 aromatic rings. The van der Waals surface area contributed by atoms with E-state index in [4.69, 9.17) is 11.6 Å². The number of nitrogens with one attached hydrogen (secondary N) is 1. The number of halogens is 1. The van der Waals surface area contributed by atoms with Gasteiger partial charge in [-0.3, -0.25) is 4.98 Å². The van der Waals surface area contributed by atoms with E-state index in [2.05, 4.69) is 15.3 Å². The molecule has 82 valence electrons. The highest BCUT2D eigenvalue weighted by Gasteiger charge is 2.07. The number of aryl methyl sites for hydroxylation is 1. The number of anilines is 1. The molecule has 0 aromatic carbocycles. The Labute approximate surface area is 99.5 Å². The lowest BCUT2D eigenvalue weighted by Gasteiger charge is -2.07. The van der Waals surface area contributed by atoms with Crippen molar-refractivity contribution in [3.05, 3.63) is 41.3 Å². The van der Waals surface area contributed by atoms with E-state index >= 15 is 0 Å². The molecule has 0 unspecified atom stereocenters. The van der Waals surface area contributed by atoms with Gasteiger partial charge in [0.25, 0.3) is 0 Å². The van der Waals surface area contributed by atoms with Crippen molar-refractivity contribution >= 4 is 17.4 Å². The minimum atomic E-state index is 0.700. The smallest absolute Gasteiger partial charge is 0.125 e. The summed E-state index contributed by atoms with van der Waals surface area (Å²) in [6.07, 6.45) is 3.50. The molecule has 1 N–H and O–H groups in total. The highest BCUT2D eigenvalue weighted by atomic mass is 35.5. The number of pyridine rings is 2. The molecule has 0 fully saturated rings. The van der Waals surface area contributed by atoms with Crippen molar-refractivity contribution in [2.45, 2.75) is 6.92 Å². The summed E-state index contributed by atoms with van der Waals surface area (Å²) in [5.41, 5.74) is 2.83. The van der Waals surface area contributed by atoms with E-state index in [1.165, 1.54) is 0 Å². The van der Waals surface area contributed by atoms with E-state index in [9.17, 15) is 0 Å². The van der Waals surface area contributed by atoms with E-state index in [1.807, 2.05) is 26.1 Å². The Hall–Kier alpha value is -1.61. The molecular weight excluding hydrogens is 222 g/mol. The first-order valence-electron chi connectivity index (χ1n) is 4.97. The van der Waals surface area contributed by atoms with Crippen LogP contribution in [-0.4, -0.2) is 17.0 Å². The molecule has 0 aliphatic carbocycles. The standard InChI is InChI=1S/C12H12ClN3/c1-8-12(10(13)5-6-15-8)9-3-4-11(14-2)16-7-9/h3-7H,1-2H3,(H,14,16). The average Bonchev–Trinajstić information content (AvgIpc) is 2.30. The van der Waals surface area contributed by atoms with Gasteiger partial charge in [0.05, 0.1) is 5.02 Å². The van der Waals surface area contributed by atoms with Crippen LogP contribution in [0.2, 0.25) is 5.02 Å². The lowest BCUT2D eigenvalue weighted by atomic mass is 10.1. The van der Waals surface area contributed by atoms with Crippen molar-refractivity contribution in [1.82, 2.24) is 9.97 Å². The molecule has 2 rings (SSSR count). The monoisotopic (exact) mass is 233 g/mol. The quantitative estimate of drug-likeness (QED) is 0.866. The maximum atomic E-state index is 6.15. The molecule has 0 bridgehead atoms. The van der Waals surface area contributed by atoms with E-state index in [0.29, 0.717) is 5.02 Å². The first-order valence-corrected chi connectivity index (χ1v) is 5.35. The van der Waals surface area contributed by atoms with Gasteiger partial charge in [-0.05, 0) is 25.1 Å². The predicted octanol–water partition coefficient (Wildman–Crippen LogP) is 3.15. The zero-order valence-electron chi connectivity index (χ0n) is 9.16. The second-order valence-corrected chi connectivity index (χ2v) is 3.84.